The summed E-state index contributed by atoms with van der Waals surface area (Å²) in [5, 5.41) is 0. The second-order valence-electron chi connectivity index (χ2n) is 13.2. The molecular formula is C41H74NO8P. The van der Waals surface area contributed by atoms with Crippen molar-refractivity contribution in [3.63, 3.8) is 0 Å². The van der Waals surface area contributed by atoms with E-state index in [1.807, 2.05) is 6.08 Å². The van der Waals surface area contributed by atoms with E-state index in [1.54, 1.807) is 0 Å². The van der Waals surface area contributed by atoms with Crippen molar-refractivity contribution < 1.29 is 37.6 Å². The average molecular weight is 740 g/mol. The van der Waals surface area contributed by atoms with Crippen LogP contribution in [0.15, 0.2) is 48.6 Å². The number of phosphoric ester groups is 1. The number of phosphoric acid groups is 1. The van der Waals surface area contributed by atoms with Gasteiger partial charge in [0.2, 0.25) is 0 Å². The maximum absolute atomic E-state index is 12.5. The average Bonchev–Trinajstić information content (AvgIpc) is 3.11. The number of hydrogen-bond donors (Lipinski definition) is 2. The third kappa shape index (κ3) is 37.5. The normalized spacial score (nSPS) is 13.9. The summed E-state index contributed by atoms with van der Waals surface area (Å²) in [6.45, 7) is 3.63. The fourth-order valence-electron chi connectivity index (χ4n) is 5.21. The molecule has 0 aromatic heterocycles. The van der Waals surface area contributed by atoms with Crippen LogP contribution in [0.1, 0.15) is 168 Å². The van der Waals surface area contributed by atoms with Crippen molar-refractivity contribution in [2.24, 2.45) is 5.73 Å². The number of ether oxygens (including phenoxy) is 2. The molecule has 10 heteroatoms. The molecule has 0 aliphatic rings. The van der Waals surface area contributed by atoms with Gasteiger partial charge in [-0.2, -0.15) is 0 Å². The Bertz CT molecular complexity index is 981. The van der Waals surface area contributed by atoms with E-state index in [-0.39, 0.29) is 32.6 Å². The van der Waals surface area contributed by atoms with Crippen LogP contribution in [0, 0.1) is 0 Å². The quantitative estimate of drug-likeness (QED) is 0.0276. The monoisotopic (exact) mass is 740 g/mol. The van der Waals surface area contributed by atoms with Crippen LogP contribution < -0.4 is 5.73 Å². The summed E-state index contributed by atoms with van der Waals surface area (Å²) in [6, 6.07) is 0. The molecule has 0 saturated carbocycles. The summed E-state index contributed by atoms with van der Waals surface area (Å²) >= 11 is 0. The van der Waals surface area contributed by atoms with E-state index in [4.69, 9.17) is 24.3 Å². The summed E-state index contributed by atoms with van der Waals surface area (Å²) in [5.74, 6) is -0.895. The van der Waals surface area contributed by atoms with Gasteiger partial charge in [0.15, 0.2) is 6.10 Å². The third-order valence-corrected chi connectivity index (χ3v) is 9.20. The molecule has 0 aliphatic heterocycles. The minimum absolute atomic E-state index is 0.0458. The number of nitrogens with two attached hydrogens (primary N) is 1. The maximum atomic E-state index is 12.5. The van der Waals surface area contributed by atoms with Crippen molar-refractivity contribution in [2.75, 3.05) is 26.4 Å². The Morgan fingerprint density at radius 1 is 0.588 bits per heavy atom. The van der Waals surface area contributed by atoms with Gasteiger partial charge in [0, 0.05) is 19.4 Å². The molecule has 2 atom stereocenters. The highest BCUT2D eigenvalue weighted by Crippen LogP contribution is 2.43. The Balaban J connectivity index is 4.29. The van der Waals surface area contributed by atoms with Crippen LogP contribution in [0.4, 0.5) is 0 Å². The summed E-state index contributed by atoms with van der Waals surface area (Å²) < 4.78 is 32.6. The van der Waals surface area contributed by atoms with Crippen LogP contribution in [0.3, 0.4) is 0 Å². The minimum Gasteiger partial charge on any atom is -0.462 e. The van der Waals surface area contributed by atoms with Gasteiger partial charge in [-0.25, -0.2) is 4.57 Å². The Hall–Kier alpha value is -2.03. The Morgan fingerprint density at radius 2 is 1.04 bits per heavy atom. The van der Waals surface area contributed by atoms with Gasteiger partial charge in [0.1, 0.15) is 6.61 Å². The van der Waals surface area contributed by atoms with Gasteiger partial charge >= 0.3 is 19.8 Å². The number of carbonyl (C=O) groups is 2. The van der Waals surface area contributed by atoms with Gasteiger partial charge in [-0.1, -0.05) is 152 Å². The zero-order valence-corrected chi connectivity index (χ0v) is 33.2. The van der Waals surface area contributed by atoms with E-state index >= 15 is 0 Å². The number of unbranched alkanes of at least 4 members (excludes halogenated alkanes) is 16. The number of hydrogen-bond acceptors (Lipinski definition) is 8. The molecule has 0 aromatic carbocycles. The van der Waals surface area contributed by atoms with Crippen molar-refractivity contribution in [3.05, 3.63) is 48.6 Å². The molecule has 1 unspecified atom stereocenters. The highest BCUT2D eigenvalue weighted by Gasteiger charge is 2.25. The topological polar surface area (TPSA) is 134 Å². The summed E-state index contributed by atoms with van der Waals surface area (Å²) in [6.07, 6.45) is 41.4. The summed E-state index contributed by atoms with van der Waals surface area (Å²) in [5.41, 5.74) is 5.33. The van der Waals surface area contributed by atoms with Crippen LogP contribution in [-0.2, 0) is 32.7 Å². The van der Waals surface area contributed by atoms with Gasteiger partial charge < -0.3 is 20.1 Å². The zero-order chi connectivity index (χ0) is 37.5. The molecular weight excluding hydrogens is 665 g/mol. The number of carbonyl (C=O) groups excluding carboxylic acids is 2. The molecule has 0 radical (unpaired) electrons. The lowest BCUT2D eigenvalue weighted by atomic mass is 10.0. The maximum Gasteiger partial charge on any atom is 0.472 e. The second kappa shape index (κ2) is 37.7. The summed E-state index contributed by atoms with van der Waals surface area (Å²) in [7, 11) is -4.38. The molecule has 0 fully saturated rings. The zero-order valence-electron chi connectivity index (χ0n) is 32.3. The van der Waals surface area contributed by atoms with Crippen LogP contribution in [0.25, 0.3) is 0 Å². The molecule has 51 heavy (non-hydrogen) atoms. The van der Waals surface area contributed by atoms with Gasteiger partial charge in [-0.3, -0.25) is 18.6 Å². The smallest absolute Gasteiger partial charge is 0.462 e. The fourth-order valence-corrected chi connectivity index (χ4v) is 5.98. The first-order valence-corrected chi connectivity index (χ1v) is 21.6. The lowest BCUT2D eigenvalue weighted by Crippen LogP contribution is -2.29. The SMILES string of the molecule is CCCCCC=CCC=CCC=CCC=CCCCC(=O)OC[C@H](COP(=O)(O)OCCN)OC(=O)CCCCCCCCCCCCCCC. The minimum atomic E-state index is -4.38. The van der Waals surface area contributed by atoms with E-state index in [1.165, 1.54) is 83.5 Å². The van der Waals surface area contributed by atoms with Crippen LogP contribution in [-0.4, -0.2) is 49.3 Å². The molecule has 0 spiro atoms. The summed E-state index contributed by atoms with van der Waals surface area (Å²) in [4.78, 5) is 34.7. The molecule has 0 aromatic rings. The molecule has 0 rings (SSSR count). The van der Waals surface area contributed by atoms with E-state index in [2.05, 4.69) is 56.4 Å². The molecule has 0 heterocycles. The van der Waals surface area contributed by atoms with Crippen molar-refractivity contribution in [1.29, 1.82) is 0 Å². The van der Waals surface area contributed by atoms with E-state index < -0.39 is 32.5 Å². The molecule has 9 nitrogen and oxygen atoms in total. The molecule has 3 N–H and O–H groups in total. The molecule has 0 aliphatic carbocycles. The number of esters is 2. The van der Waals surface area contributed by atoms with Crippen molar-refractivity contribution in [3.8, 4) is 0 Å². The van der Waals surface area contributed by atoms with Gasteiger partial charge in [-0.15, -0.1) is 0 Å². The van der Waals surface area contributed by atoms with Crippen molar-refractivity contribution in [2.45, 2.75) is 174 Å². The van der Waals surface area contributed by atoms with Crippen LogP contribution in [0.2, 0.25) is 0 Å². The molecule has 0 amide bonds. The molecule has 0 bridgehead atoms. The first-order chi connectivity index (χ1) is 24.8. The van der Waals surface area contributed by atoms with Crippen molar-refractivity contribution in [1.82, 2.24) is 0 Å². The lowest BCUT2D eigenvalue weighted by Gasteiger charge is -2.19. The lowest BCUT2D eigenvalue weighted by molar-refractivity contribution is -0.161. The predicted molar refractivity (Wildman–Crippen MR) is 210 cm³/mol. The van der Waals surface area contributed by atoms with Gasteiger partial charge in [0.05, 0.1) is 13.2 Å². The van der Waals surface area contributed by atoms with E-state index in [0.29, 0.717) is 12.8 Å². The number of allylic oxidation sites excluding steroid dienone is 8. The highest BCUT2D eigenvalue weighted by atomic mass is 31.2. The standard InChI is InChI=1S/C41H74NO8P/c1-3-5-7-9-11-13-15-17-18-19-20-22-23-25-27-29-31-33-40(43)47-37-39(38-49-51(45,46)48-36-35-42)50-41(44)34-32-30-28-26-24-21-16-14-12-10-8-6-4-2/h11,13,17-18,20,22,25,27,39H,3-10,12,14-16,19,21,23-24,26,28-38,42H2,1-2H3,(H,45,46)/t39-/m1/s1. The Kier molecular flexibility index (Phi) is 36.2. The Labute approximate surface area is 311 Å². The fraction of sp³-hybridized carbons (Fsp3) is 0.756. The first-order valence-electron chi connectivity index (χ1n) is 20.1. The predicted octanol–water partition coefficient (Wildman–Crippen LogP) is 11.2. The van der Waals surface area contributed by atoms with Crippen LogP contribution in [0.5, 0.6) is 0 Å². The largest absolute Gasteiger partial charge is 0.472 e. The van der Waals surface area contributed by atoms with Gasteiger partial charge in [0.25, 0.3) is 0 Å². The Morgan fingerprint density at radius 3 is 1.57 bits per heavy atom. The second-order valence-corrected chi connectivity index (χ2v) is 14.6. The molecule has 296 valence electrons. The van der Waals surface area contributed by atoms with E-state index in [9.17, 15) is 19.0 Å². The van der Waals surface area contributed by atoms with Gasteiger partial charge in [-0.05, 0) is 51.4 Å². The first kappa shape index (κ1) is 49.0. The van der Waals surface area contributed by atoms with Crippen LogP contribution >= 0.6 is 7.82 Å². The molecule has 0 saturated heterocycles. The number of rotatable bonds is 37. The van der Waals surface area contributed by atoms with E-state index in [0.717, 1.165) is 44.9 Å². The third-order valence-electron chi connectivity index (χ3n) is 8.22. The van der Waals surface area contributed by atoms with Crippen molar-refractivity contribution >= 4 is 19.8 Å². The highest BCUT2D eigenvalue weighted by molar-refractivity contribution is 7.47.